The second kappa shape index (κ2) is 7.79. The normalized spacial score (nSPS) is 18.7. The van der Waals surface area contributed by atoms with E-state index >= 15 is 0 Å². The van der Waals surface area contributed by atoms with Crippen LogP contribution in [0.25, 0.3) is 0 Å². The van der Waals surface area contributed by atoms with Crippen LogP contribution in [-0.2, 0) is 4.74 Å². The molecule has 1 aromatic rings. The van der Waals surface area contributed by atoms with Gasteiger partial charge in [-0.15, -0.1) is 0 Å². The largest absolute Gasteiger partial charge is 0.374 e. The quantitative estimate of drug-likeness (QED) is 0.771. The summed E-state index contributed by atoms with van der Waals surface area (Å²) >= 11 is 0. The van der Waals surface area contributed by atoms with Gasteiger partial charge in [0.2, 0.25) is 0 Å². The molecule has 21 heavy (non-hydrogen) atoms. The molecule has 2 rings (SSSR count). The smallest absolute Gasteiger partial charge is 0.251 e. The van der Waals surface area contributed by atoms with Gasteiger partial charge in [0.25, 0.3) is 5.91 Å². The molecule has 0 bridgehead atoms. The fourth-order valence-corrected chi connectivity index (χ4v) is 2.16. The van der Waals surface area contributed by atoms with E-state index in [1.807, 2.05) is 12.1 Å². The number of nitrogens with two attached hydrogens (primary N) is 1. The van der Waals surface area contributed by atoms with Gasteiger partial charge in [0.05, 0.1) is 19.3 Å². The summed E-state index contributed by atoms with van der Waals surface area (Å²) in [6, 6.07) is 7.18. The first kappa shape index (κ1) is 15.5. The number of hydrogen-bond acceptors (Lipinski definition) is 4. The molecule has 3 N–H and O–H groups in total. The lowest BCUT2D eigenvalue weighted by Crippen LogP contribution is -2.45. The van der Waals surface area contributed by atoms with Crippen molar-refractivity contribution < 1.29 is 9.53 Å². The lowest BCUT2D eigenvalue weighted by molar-refractivity contribution is -0.0175. The summed E-state index contributed by atoms with van der Waals surface area (Å²) in [5.74, 6) is 5.62. The standard InChI is InChI=1S/C16H21N3O2/c1-19-9-10-21-15(12-19)11-18-16(20)14-6-4-13(5-7-14)3-2-8-17/h4-7,15H,8-12,17H2,1H3,(H,18,20). The van der Waals surface area contributed by atoms with Gasteiger partial charge in [-0.2, -0.15) is 0 Å². The summed E-state index contributed by atoms with van der Waals surface area (Å²) in [6.45, 7) is 3.35. The van der Waals surface area contributed by atoms with E-state index in [9.17, 15) is 4.79 Å². The minimum atomic E-state index is -0.0924. The molecule has 1 atom stereocenters. The van der Waals surface area contributed by atoms with E-state index in [-0.39, 0.29) is 12.0 Å². The topological polar surface area (TPSA) is 67.6 Å². The van der Waals surface area contributed by atoms with E-state index in [1.54, 1.807) is 12.1 Å². The Hall–Kier alpha value is -1.87. The fraction of sp³-hybridized carbons (Fsp3) is 0.438. The monoisotopic (exact) mass is 287 g/mol. The highest BCUT2D eigenvalue weighted by Crippen LogP contribution is 2.05. The van der Waals surface area contributed by atoms with E-state index in [2.05, 4.69) is 29.1 Å². The molecular formula is C16H21N3O2. The zero-order valence-electron chi connectivity index (χ0n) is 12.3. The Balaban J connectivity index is 1.85. The first-order valence-electron chi connectivity index (χ1n) is 7.06. The number of benzene rings is 1. The van der Waals surface area contributed by atoms with Crippen LogP contribution in [0.1, 0.15) is 15.9 Å². The van der Waals surface area contributed by atoms with Gasteiger partial charge in [-0.3, -0.25) is 4.79 Å². The van der Waals surface area contributed by atoms with Crippen LogP contribution < -0.4 is 11.1 Å². The highest BCUT2D eigenvalue weighted by Gasteiger charge is 2.18. The SMILES string of the molecule is CN1CCOC(CNC(=O)c2ccc(C#CCN)cc2)C1. The van der Waals surface area contributed by atoms with Crippen LogP contribution in [0.2, 0.25) is 0 Å². The molecule has 0 radical (unpaired) electrons. The highest BCUT2D eigenvalue weighted by atomic mass is 16.5. The number of amides is 1. The van der Waals surface area contributed by atoms with Gasteiger partial charge in [-0.25, -0.2) is 0 Å². The van der Waals surface area contributed by atoms with Crippen molar-refractivity contribution in [2.45, 2.75) is 6.10 Å². The van der Waals surface area contributed by atoms with Crippen molar-refractivity contribution >= 4 is 5.91 Å². The molecule has 1 saturated heterocycles. The number of likely N-dealkylation sites (N-methyl/N-ethyl adjacent to an activating group) is 1. The molecule has 0 aliphatic carbocycles. The van der Waals surface area contributed by atoms with Gasteiger partial charge < -0.3 is 20.7 Å². The number of morpholine rings is 1. The van der Waals surface area contributed by atoms with E-state index in [0.29, 0.717) is 25.3 Å². The molecule has 1 unspecified atom stereocenters. The fourth-order valence-electron chi connectivity index (χ4n) is 2.16. The molecule has 0 aromatic heterocycles. The maximum atomic E-state index is 12.1. The van der Waals surface area contributed by atoms with Gasteiger partial charge in [0.15, 0.2) is 0 Å². The van der Waals surface area contributed by atoms with E-state index in [0.717, 1.165) is 18.7 Å². The minimum Gasteiger partial charge on any atom is -0.374 e. The predicted molar refractivity (Wildman–Crippen MR) is 81.9 cm³/mol. The molecule has 0 spiro atoms. The van der Waals surface area contributed by atoms with Gasteiger partial charge >= 0.3 is 0 Å². The van der Waals surface area contributed by atoms with Crippen molar-refractivity contribution in [2.75, 3.05) is 39.8 Å². The molecule has 1 heterocycles. The number of rotatable bonds is 3. The van der Waals surface area contributed by atoms with Gasteiger partial charge in [0.1, 0.15) is 0 Å². The lowest BCUT2D eigenvalue weighted by Gasteiger charge is -2.30. The first-order chi connectivity index (χ1) is 10.2. The molecule has 112 valence electrons. The Morgan fingerprint density at radius 3 is 2.90 bits per heavy atom. The third kappa shape index (κ3) is 4.87. The van der Waals surface area contributed by atoms with Gasteiger partial charge in [-0.05, 0) is 31.3 Å². The molecule has 1 aromatic carbocycles. The third-order valence-electron chi connectivity index (χ3n) is 3.31. The Bertz CT molecular complexity index is 531. The van der Waals surface area contributed by atoms with Crippen LogP contribution in [0.15, 0.2) is 24.3 Å². The summed E-state index contributed by atoms with van der Waals surface area (Å²) < 4.78 is 5.61. The average molecular weight is 287 g/mol. The van der Waals surface area contributed by atoms with Crippen molar-refractivity contribution in [3.8, 4) is 11.8 Å². The predicted octanol–water partition coefficient (Wildman–Crippen LogP) is 0.0572. The van der Waals surface area contributed by atoms with Crippen LogP contribution in [0.3, 0.4) is 0 Å². The minimum absolute atomic E-state index is 0.0578. The van der Waals surface area contributed by atoms with Crippen LogP contribution in [0.4, 0.5) is 0 Å². The Kier molecular flexibility index (Phi) is 5.76. The molecule has 0 saturated carbocycles. The number of carbonyl (C=O) groups is 1. The maximum absolute atomic E-state index is 12.1. The third-order valence-corrected chi connectivity index (χ3v) is 3.31. The number of nitrogens with zero attached hydrogens (tertiary/aromatic N) is 1. The van der Waals surface area contributed by atoms with Crippen LogP contribution in [0.5, 0.6) is 0 Å². The highest BCUT2D eigenvalue weighted by molar-refractivity contribution is 5.94. The van der Waals surface area contributed by atoms with Crippen LogP contribution in [-0.4, -0.2) is 56.7 Å². The number of ether oxygens (including phenoxy) is 1. The van der Waals surface area contributed by atoms with Crippen LogP contribution >= 0.6 is 0 Å². The molecule has 1 amide bonds. The van der Waals surface area contributed by atoms with E-state index in [1.165, 1.54) is 0 Å². The molecule has 1 fully saturated rings. The zero-order chi connectivity index (χ0) is 15.1. The van der Waals surface area contributed by atoms with E-state index < -0.39 is 0 Å². The Labute approximate surface area is 125 Å². The summed E-state index contributed by atoms with van der Waals surface area (Å²) in [5, 5.41) is 2.91. The summed E-state index contributed by atoms with van der Waals surface area (Å²) in [4.78, 5) is 14.3. The average Bonchev–Trinajstić information content (AvgIpc) is 2.51. The second-order valence-electron chi connectivity index (χ2n) is 5.05. The first-order valence-corrected chi connectivity index (χ1v) is 7.06. The van der Waals surface area contributed by atoms with Gasteiger partial charge in [-0.1, -0.05) is 11.8 Å². The number of nitrogens with one attached hydrogen (secondary N) is 1. The second-order valence-corrected chi connectivity index (χ2v) is 5.05. The maximum Gasteiger partial charge on any atom is 0.251 e. The molecule has 5 heteroatoms. The molecular weight excluding hydrogens is 266 g/mol. The molecule has 1 aliphatic heterocycles. The number of carbonyl (C=O) groups excluding carboxylic acids is 1. The van der Waals surface area contributed by atoms with Crippen LogP contribution in [0, 0.1) is 11.8 Å². The number of hydrogen-bond donors (Lipinski definition) is 2. The lowest BCUT2D eigenvalue weighted by atomic mass is 10.1. The van der Waals surface area contributed by atoms with Crippen molar-refractivity contribution in [1.29, 1.82) is 0 Å². The Morgan fingerprint density at radius 1 is 1.48 bits per heavy atom. The summed E-state index contributed by atoms with van der Waals surface area (Å²) in [6.07, 6.45) is 0.0578. The van der Waals surface area contributed by atoms with Crippen molar-refractivity contribution in [3.63, 3.8) is 0 Å². The molecule has 1 aliphatic rings. The van der Waals surface area contributed by atoms with E-state index in [4.69, 9.17) is 10.5 Å². The summed E-state index contributed by atoms with van der Waals surface area (Å²) in [5.41, 5.74) is 6.80. The molecule has 5 nitrogen and oxygen atoms in total. The zero-order valence-corrected chi connectivity index (χ0v) is 12.3. The van der Waals surface area contributed by atoms with Gasteiger partial charge in [0, 0.05) is 30.8 Å². The van der Waals surface area contributed by atoms with Crippen molar-refractivity contribution in [3.05, 3.63) is 35.4 Å². The summed E-state index contributed by atoms with van der Waals surface area (Å²) in [7, 11) is 2.05. The Morgan fingerprint density at radius 2 is 2.24 bits per heavy atom. The van der Waals surface area contributed by atoms with Crippen molar-refractivity contribution in [2.24, 2.45) is 5.73 Å². The van der Waals surface area contributed by atoms with Crippen molar-refractivity contribution in [1.82, 2.24) is 10.2 Å².